The Morgan fingerprint density at radius 2 is 2.20 bits per heavy atom. The first kappa shape index (κ1) is 14.6. The number of hydrogen-bond acceptors (Lipinski definition) is 3. The first-order chi connectivity index (χ1) is 9.86. The van der Waals surface area contributed by atoms with Crippen molar-refractivity contribution in [1.82, 2.24) is 10.2 Å². The monoisotopic (exact) mass is 292 g/mol. The molecule has 0 saturated carbocycles. The van der Waals surface area contributed by atoms with Crippen LogP contribution in [0.5, 0.6) is 0 Å². The molecular formula is C17H28N2S. The van der Waals surface area contributed by atoms with Gasteiger partial charge in [0.05, 0.1) is 0 Å². The number of hydrogen-bond donors (Lipinski definition) is 1. The Morgan fingerprint density at radius 1 is 1.25 bits per heavy atom. The number of fused-ring (bicyclic) bond motifs is 1. The lowest BCUT2D eigenvalue weighted by Crippen LogP contribution is -2.35. The molecule has 1 fully saturated rings. The Morgan fingerprint density at radius 3 is 3.10 bits per heavy atom. The van der Waals surface area contributed by atoms with Gasteiger partial charge in [0.1, 0.15) is 0 Å². The molecular weight excluding hydrogens is 264 g/mol. The number of likely N-dealkylation sites (tertiary alicyclic amines) is 1. The summed E-state index contributed by atoms with van der Waals surface area (Å²) >= 11 is 1.95. The highest BCUT2D eigenvalue weighted by Crippen LogP contribution is 2.34. The molecule has 0 spiro atoms. The van der Waals surface area contributed by atoms with Crippen molar-refractivity contribution in [2.75, 3.05) is 19.6 Å². The largest absolute Gasteiger partial charge is 0.307 e. The van der Waals surface area contributed by atoms with Crippen molar-refractivity contribution in [3.63, 3.8) is 0 Å². The summed E-state index contributed by atoms with van der Waals surface area (Å²) in [6.45, 7) is 6.17. The van der Waals surface area contributed by atoms with Crippen molar-refractivity contribution in [3.05, 3.63) is 21.9 Å². The summed E-state index contributed by atoms with van der Waals surface area (Å²) in [4.78, 5) is 4.29. The smallest absolute Gasteiger partial charge is 0.0333 e. The Labute approximate surface area is 127 Å². The maximum absolute atomic E-state index is 3.98. The molecule has 1 aliphatic heterocycles. The second-order valence-electron chi connectivity index (χ2n) is 6.38. The van der Waals surface area contributed by atoms with Crippen LogP contribution in [0.4, 0.5) is 0 Å². The second-order valence-corrected chi connectivity index (χ2v) is 7.38. The zero-order valence-corrected chi connectivity index (χ0v) is 13.6. The molecule has 1 aliphatic carbocycles. The van der Waals surface area contributed by atoms with Crippen LogP contribution in [0.2, 0.25) is 0 Å². The highest BCUT2D eigenvalue weighted by molar-refractivity contribution is 7.10. The van der Waals surface area contributed by atoms with Crippen LogP contribution >= 0.6 is 11.3 Å². The lowest BCUT2D eigenvalue weighted by Gasteiger charge is -2.28. The van der Waals surface area contributed by atoms with E-state index >= 15 is 0 Å². The minimum atomic E-state index is 0.632. The van der Waals surface area contributed by atoms with E-state index in [1.165, 1.54) is 64.6 Å². The number of aryl methyl sites for hydroxylation is 1. The fourth-order valence-corrected chi connectivity index (χ4v) is 4.79. The van der Waals surface area contributed by atoms with Crippen molar-refractivity contribution in [2.45, 2.75) is 64.0 Å². The number of rotatable bonds is 4. The number of thiophene rings is 1. The quantitative estimate of drug-likeness (QED) is 0.903. The van der Waals surface area contributed by atoms with Crippen LogP contribution in [0.25, 0.3) is 0 Å². The van der Waals surface area contributed by atoms with Gasteiger partial charge < -0.3 is 10.2 Å². The average molecular weight is 292 g/mol. The molecule has 3 rings (SSSR count). The summed E-state index contributed by atoms with van der Waals surface area (Å²) in [6, 6.07) is 3.72. The molecule has 0 amide bonds. The van der Waals surface area contributed by atoms with E-state index in [0.29, 0.717) is 6.04 Å². The van der Waals surface area contributed by atoms with Gasteiger partial charge in [-0.15, -0.1) is 11.3 Å². The third-order valence-electron chi connectivity index (χ3n) is 4.85. The third kappa shape index (κ3) is 3.44. The summed E-state index contributed by atoms with van der Waals surface area (Å²) in [5.74, 6) is 0. The SMILES string of the molecule is CCCN1CCCC(NC2CCCc3sccc32)CC1. The van der Waals surface area contributed by atoms with Crippen LogP contribution < -0.4 is 5.32 Å². The molecule has 2 atom stereocenters. The van der Waals surface area contributed by atoms with Crippen LogP contribution in [0.3, 0.4) is 0 Å². The summed E-state index contributed by atoms with van der Waals surface area (Å²) in [5.41, 5.74) is 1.61. The Kier molecular flexibility index (Phi) is 5.14. The summed E-state index contributed by atoms with van der Waals surface area (Å²) in [7, 11) is 0. The van der Waals surface area contributed by atoms with E-state index in [9.17, 15) is 0 Å². The molecule has 20 heavy (non-hydrogen) atoms. The standard InChI is InChI=1S/C17H28N2S/c1-2-10-19-11-4-5-14(8-12-19)18-16-6-3-7-17-15(16)9-13-20-17/h9,13-14,16,18H,2-8,10-12H2,1H3. The topological polar surface area (TPSA) is 15.3 Å². The Balaban J connectivity index is 1.56. The van der Waals surface area contributed by atoms with Gasteiger partial charge in [-0.05, 0) is 81.6 Å². The van der Waals surface area contributed by atoms with E-state index in [2.05, 4.69) is 28.6 Å². The molecule has 2 unspecified atom stereocenters. The molecule has 1 saturated heterocycles. The van der Waals surface area contributed by atoms with E-state index in [1.807, 2.05) is 11.3 Å². The maximum atomic E-state index is 3.98. The molecule has 0 radical (unpaired) electrons. The van der Waals surface area contributed by atoms with E-state index in [1.54, 1.807) is 10.4 Å². The lowest BCUT2D eigenvalue weighted by atomic mass is 9.92. The maximum Gasteiger partial charge on any atom is 0.0333 e. The van der Waals surface area contributed by atoms with Crippen molar-refractivity contribution in [3.8, 4) is 0 Å². The van der Waals surface area contributed by atoms with Gasteiger partial charge >= 0.3 is 0 Å². The molecule has 1 aromatic rings. The molecule has 0 aromatic carbocycles. The second kappa shape index (κ2) is 7.06. The first-order valence-electron chi connectivity index (χ1n) is 8.41. The Bertz CT molecular complexity index is 415. The van der Waals surface area contributed by atoms with Crippen LogP contribution in [-0.4, -0.2) is 30.6 Å². The van der Waals surface area contributed by atoms with Gasteiger partial charge in [0, 0.05) is 17.0 Å². The van der Waals surface area contributed by atoms with E-state index in [0.717, 1.165) is 6.04 Å². The number of nitrogens with zero attached hydrogens (tertiary/aromatic N) is 1. The van der Waals surface area contributed by atoms with Gasteiger partial charge in [0.25, 0.3) is 0 Å². The van der Waals surface area contributed by atoms with Gasteiger partial charge in [-0.2, -0.15) is 0 Å². The van der Waals surface area contributed by atoms with E-state index < -0.39 is 0 Å². The molecule has 112 valence electrons. The van der Waals surface area contributed by atoms with Gasteiger partial charge in [0.2, 0.25) is 0 Å². The number of nitrogens with one attached hydrogen (secondary N) is 1. The molecule has 3 heteroatoms. The van der Waals surface area contributed by atoms with Crippen molar-refractivity contribution in [2.24, 2.45) is 0 Å². The van der Waals surface area contributed by atoms with Crippen molar-refractivity contribution < 1.29 is 0 Å². The van der Waals surface area contributed by atoms with Crippen LogP contribution in [-0.2, 0) is 6.42 Å². The van der Waals surface area contributed by atoms with E-state index in [4.69, 9.17) is 0 Å². The highest BCUT2D eigenvalue weighted by atomic mass is 32.1. The van der Waals surface area contributed by atoms with Crippen LogP contribution in [0.1, 0.15) is 61.9 Å². The molecule has 1 aromatic heterocycles. The summed E-state index contributed by atoms with van der Waals surface area (Å²) in [6.07, 6.45) is 9.34. The third-order valence-corrected chi connectivity index (χ3v) is 5.85. The minimum Gasteiger partial charge on any atom is -0.307 e. The summed E-state index contributed by atoms with van der Waals surface area (Å²) < 4.78 is 0. The van der Waals surface area contributed by atoms with Crippen LogP contribution in [0.15, 0.2) is 11.4 Å². The van der Waals surface area contributed by atoms with E-state index in [-0.39, 0.29) is 0 Å². The van der Waals surface area contributed by atoms with Gasteiger partial charge in [-0.3, -0.25) is 0 Å². The molecule has 1 N–H and O–H groups in total. The molecule has 2 aliphatic rings. The fraction of sp³-hybridized carbons (Fsp3) is 0.765. The van der Waals surface area contributed by atoms with Crippen LogP contribution in [0, 0.1) is 0 Å². The van der Waals surface area contributed by atoms with Crippen molar-refractivity contribution >= 4 is 11.3 Å². The molecule has 2 nitrogen and oxygen atoms in total. The zero-order chi connectivity index (χ0) is 13.8. The van der Waals surface area contributed by atoms with Crippen molar-refractivity contribution in [1.29, 1.82) is 0 Å². The Hall–Kier alpha value is -0.380. The predicted molar refractivity (Wildman–Crippen MR) is 87.5 cm³/mol. The van der Waals surface area contributed by atoms with Gasteiger partial charge in [-0.1, -0.05) is 6.92 Å². The first-order valence-corrected chi connectivity index (χ1v) is 9.29. The fourth-order valence-electron chi connectivity index (χ4n) is 3.81. The minimum absolute atomic E-state index is 0.632. The summed E-state index contributed by atoms with van der Waals surface area (Å²) in [5, 5.41) is 6.26. The molecule has 2 heterocycles. The van der Waals surface area contributed by atoms with Gasteiger partial charge in [0.15, 0.2) is 0 Å². The zero-order valence-electron chi connectivity index (χ0n) is 12.7. The van der Waals surface area contributed by atoms with Gasteiger partial charge in [-0.25, -0.2) is 0 Å². The normalized spacial score (nSPS) is 28.1. The predicted octanol–water partition coefficient (Wildman–Crippen LogP) is 3.98. The average Bonchev–Trinajstić information content (AvgIpc) is 2.83. The lowest BCUT2D eigenvalue weighted by molar-refractivity contribution is 0.280. The highest BCUT2D eigenvalue weighted by Gasteiger charge is 2.24. The molecule has 0 bridgehead atoms.